The highest BCUT2D eigenvalue weighted by Crippen LogP contribution is 2.22. The number of pyridine rings is 1. The highest BCUT2D eigenvalue weighted by Gasteiger charge is 2.33. The summed E-state index contributed by atoms with van der Waals surface area (Å²) in [6.07, 6.45) is 4.72. The normalized spacial score (nSPS) is 18.6. The SMILES string of the molecule is O=C(NC1(CCl)CCOCC1)c1ccncc1. The molecule has 0 unspecified atom stereocenters. The Morgan fingerprint density at radius 3 is 2.65 bits per heavy atom. The van der Waals surface area contributed by atoms with Crippen LogP contribution in [0.2, 0.25) is 0 Å². The van der Waals surface area contributed by atoms with E-state index in [0.717, 1.165) is 12.8 Å². The Morgan fingerprint density at radius 1 is 1.41 bits per heavy atom. The van der Waals surface area contributed by atoms with Gasteiger partial charge < -0.3 is 10.1 Å². The number of ether oxygens (including phenoxy) is 1. The minimum Gasteiger partial charge on any atom is -0.381 e. The number of aromatic nitrogens is 1. The molecule has 0 aliphatic carbocycles. The van der Waals surface area contributed by atoms with Crippen molar-refractivity contribution in [2.75, 3.05) is 19.1 Å². The molecule has 1 aliphatic rings. The van der Waals surface area contributed by atoms with Crippen LogP contribution in [0.3, 0.4) is 0 Å². The van der Waals surface area contributed by atoms with Crippen molar-refractivity contribution >= 4 is 17.5 Å². The molecule has 1 N–H and O–H groups in total. The molecule has 1 amide bonds. The topological polar surface area (TPSA) is 51.2 Å². The summed E-state index contributed by atoms with van der Waals surface area (Å²) in [7, 11) is 0. The third kappa shape index (κ3) is 2.96. The third-order valence-corrected chi connectivity index (χ3v) is 3.54. The van der Waals surface area contributed by atoms with E-state index in [4.69, 9.17) is 16.3 Å². The molecule has 92 valence electrons. The first-order valence-electron chi connectivity index (χ1n) is 5.62. The van der Waals surface area contributed by atoms with Gasteiger partial charge in [0, 0.05) is 37.1 Å². The number of carbonyl (C=O) groups is 1. The average molecular weight is 255 g/mol. The van der Waals surface area contributed by atoms with Crippen LogP contribution in [0.4, 0.5) is 0 Å². The van der Waals surface area contributed by atoms with E-state index in [9.17, 15) is 4.79 Å². The summed E-state index contributed by atoms with van der Waals surface area (Å²) in [4.78, 5) is 15.9. The van der Waals surface area contributed by atoms with Gasteiger partial charge in [-0.25, -0.2) is 0 Å². The number of amides is 1. The van der Waals surface area contributed by atoms with E-state index < -0.39 is 0 Å². The van der Waals surface area contributed by atoms with Crippen molar-refractivity contribution in [3.8, 4) is 0 Å². The van der Waals surface area contributed by atoms with Crippen LogP contribution in [0.5, 0.6) is 0 Å². The van der Waals surface area contributed by atoms with Crippen LogP contribution in [-0.4, -0.2) is 35.5 Å². The van der Waals surface area contributed by atoms with Gasteiger partial charge in [-0.05, 0) is 25.0 Å². The van der Waals surface area contributed by atoms with Gasteiger partial charge in [-0.15, -0.1) is 11.6 Å². The van der Waals surface area contributed by atoms with Gasteiger partial charge in [0.15, 0.2) is 0 Å². The first-order chi connectivity index (χ1) is 8.26. The summed E-state index contributed by atoms with van der Waals surface area (Å²) in [5.74, 6) is 0.308. The Bertz CT molecular complexity index is 377. The summed E-state index contributed by atoms with van der Waals surface area (Å²) >= 11 is 5.99. The number of hydrogen-bond acceptors (Lipinski definition) is 3. The monoisotopic (exact) mass is 254 g/mol. The van der Waals surface area contributed by atoms with Gasteiger partial charge in [0.05, 0.1) is 5.54 Å². The molecule has 0 radical (unpaired) electrons. The zero-order valence-electron chi connectivity index (χ0n) is 9.49. The molecule has 17 heavy (non-hydrogen) atoms. The standard InChI is InChI=1S/C12H15ClN2O2/c13-9-12(3-7-17-8-4-12)15-11(16)10-1-5-14-6-2-10/h1-2,5-6H,3-4,7-9H2,(H,15,16). The van der Waals surface area contributed by atoms with E-state index in [1.54, 1.807) is 24.5 Å². The number of nitrogens with zero attached hydrogens (tertiary/aromatic N) is 1. The van der Waals surface area contributed by atoms with E-state index in [1.807, 2.05) is 0 Å². The lowest BCUT2D eigenvalue weighted by Crippen LogP contribution is -2.53. The molecule has 0 bridgehead atoms. The van der Waals surface area contributed by atoms with Gasteiger partial charge in [-0.1, -0.05) is 0 Å². The molecule has 2 rings (SSSR count). The van der Waals surface area contributed by atoms with Gasteiger partial charge in [0.25, 0.3) is 5.91 Å². The van der Waals surface area contributed by atoms with Crippen molar-refractivity contribution in [2.24, 2.45) is 0 Å². The van der Waals surface area contributed by atoms with Crippen molar-refractivity contribution in [3.63, 3.8) is 0 Å². The first kappa shape index (κ1) is 12.3. The molecular weight excluding hydrogens is 240 g/mol. The molecule has 1 fully saturated rings. The van der Waals surface area contributed by atoms with Gasteiger partial charge in [-0.3, -0.25) is 9.78 Å². The Kier molecular flexibility index (Phi) is 3.97. The second kappa shape index (κ2) is 5.47. The Balaban J connectivity index is 2.06. The largest absolute Gasteiger partial charge is 0.381 e. The first-order valence-corrected chi connectivity index (χ1v) is 6.15. The van der Waals surface area contributed by atoms with E-state index in [0.29, 0.717) is 24.7 Å². The highest BCUT2D eigenvalue weighted by atomic mass is 35.5. The highest BCUT2D eigenvalue weighted by molar-refractivity contribution is 6.19. The van der Waals surface area contributed by atoms with Crippen LogP contribution in [0, 0.1) is 0 Å². The second-order valence-corrected chi connectivity index (χ2v) is 4.48. The maximum absolute atomic E-state index is 12.0. The van der Waals surface area contributed by atoms with Crippen LogP contribution in [0.25, 0.3) is 0 Å². The summed E-state index contributed by atoms with van der Waals surface area (Å²) < 4.78 is 5.29. The summed E-state index contributed by atoms with van der Waals surface area (Å²) in [6.45, 7) is 1.28. The maximum atomic E-state index is 12.0. The third-order valence-electron chi connectivity index (χ3n) is 3.03. The summed E-state index contributed by atoms with van der Waals surface area (Å²) in [5.41, 5.74) is 0.274. The smallest absolute Gasteiger partial charge is 0.251 e. The molecule has 1 saturated heterocycles. The van der Waals surface area contributed by atoms with E-state index in [2.05, 4.69) is 10.3 Å². The van der Waals surface area contributed by atoms with Crippen molar-refractivity contribution < 1.29 is 9.53 Å². The van der Waals surface area contributed by atoms with Crippen LogP contribution < -0.4 is 5.32 Å². The fourth-order valence-corrected chi connectivity index (χ4v) is 2.20. The lowest BCUT2D eigenvalue weighted by Gasteiger charge is -2.36. The molecule has 4 nitrogen and oxygen atoms in total. The lowest BCUT2D eigenvalue weighted by atomic mass is 9.92. The van der Waals surface area contributed by atoms with Crippen molar-refractivity contribution in [1.29, 1.82) is 0 Å². The molecule has 0 saturated carbocycles. The quantitative estimate of drug-likeness (QED) is 0.834. The van der Waals surface area contributed by atoms with E-state index >= 15 is 0 Å². The van der Waals surface area contributed by atoms with Crippen molar-refractivity contribution in [3.05, 3.63) is 30.1 Å². The number of rotatable bonds is 3. The number of hydrogen-bond donors (Lipinski definition) is 1. The van der Waals surface area contributed by atoms with Gasteiger partial charge in [0.2, 0.25) is 0 Å². The van der Waals surface area contributed by atoms with Crippen LogP contribution in [0.1, 0.15) is 23.2 Å². The van der Waals surface area contributed by atoms with Gasteiger partial charge in [0.1, 0.15) is 0 Å². The zero-order chi connectivity index (χ0) is 12.1. The maximum Gasteiger partial charge on any atom is 0.251 e. The predicted molar refractivity (Wildman–Crippen MR) is 65.2 cm³/mol. The van der Waals surface area contributed by atoms with Gasteiger partial charge >= 0.3 is 0 Å². The molecule has 5 heteroatoms. The molecule has 1 aromatic rings. The Labute approximate surface area is 105 Å². The molecule has 1 aliphatic heterocycles. The molecule has 1 aromatic heterocycles. The summed E-state index contributed by atoms with van der Waals surface area (Å²) in [5, 5.41) is 3.02. The molecule has 2 heterocycles. The lowest BCUT2D eigenvalue weighted by molar-refractivity contribution is 0.0434. The molecule has 0 spiro atoms. The number of carbonyl (C=O) groups excluding carboxylic acids is 1. The Hall–Kier alpha value is -1.13. The molecule has 0 atom stereocenters. The second-order valence-electron chi connectivity index (χ2n) is 4.22. The van der Waals surface area contributed by atoms with Gasteiger partial charge in [-0.2, -0.15) is 0 Å². The van der Waals surface area contributed by atoms with Crippen LogP contribution in [-0.2, 0) is 4.74 Å². The predicted octanol–water partition coefficient (Wildman–Crippen LogP) is 1.60. The van der Waals surface area contributed by atoms with Crippen LogP contribution >= 0.6 is 11.6 Å². The number of alkyl halides is 1. The fraction of sp³-hybridized carbons (Fsp3) is 0.500. The van der Waals surface area contributed by atoms with E-state index in [1.165, 1.54) is 0 Å². The van der Waals surface area contributed by atoms with Crippen molar-refractivity contribution in [1.82, 2.24) is 10.3 Å². The van der Waals surface area contributed by atoms with Crippen molar-refractivity contribution in [2.45, 2.75) is 18.4 Å². The number of halogens is 1. The number of nitrogens with one attached hydrogen (secondary N) is 1. The summed E-state index contributed by atoms with van der Waals surface area (Å²) in [6, 6.07) is 3.38. The molecular formula is C12H15ClN2O2. The average Bonchev–Trinajstić information content (AvgIpc) is 2.41. The fourth-order valence-electron chi connectivity index (χ4n) is 1.87. The Morgan fingerprint density at radius 2 is 2.06 bits per heavy atom. The minimum atomic E-state index is -0.333. The van der Waals surface area contributed by atoms with Crippen LogP contribution in [0.15, 0.2) is 24.5 Å². The van der Waals surface area contributed by atoms with E-state index in [-0.39, 0.29) is 11.4 Å². The zero-order valence-corrected chi connectivity index (χ0v) is 10.2. The minimum absolute atomic E-state index is 0.102. The molecule has 0 aromatic carbocycles.